The molecule has 0 bridgehead atoms. The van der Waals surface area contributed by atoms with E-state index in [1.807, 2.05) is 6.07 Å². The molecule has 0 aliphatic heterocycles. The van der Waals surface area contributed by atoms with Crippen LogP contribution >= 0.6 is 0 Å². The summed E-state index contributed by atoms with van der Waals surface area (Å²) in [5.74, 6) is 0.217. The summed E-state index contributed by atoms with van der Waals surface area (Å²) in [6.07, 6.45) is 3.06. The molecule has 1 aromatic heterocycles. The zero-order chi connectivity index (χ0) is 7.40. The molecule has 1 heterocycles. The van der Waals surface area contributed by atoms with Gasteiger partial charge in [0.15, 0.2) is 0 Å². The van der Waals surface area contributed by atoms with E-state index < -0.39 is 0 Å². The Balaban J connectivity index is 2.35. The van der Waals surface area contributed by atoms with Gasteiger partial charge in [0.2, 0.25) is 0 Å². The highest BCUT2D eigenvalue weighted by molar-refractivity contribution is 5.75. The van der Waals surface area contributed by atoms with Gasteiger partial charge in [0.25, 0.3) is 0 Å². The van der Waals surface area contributed by atoms with Crippen molar-refractivity contribution < 1.29 is 4.79 Å². The third-order valence-electron chi connectivity index (χ3n) is 1.30. The topological polar surface area (TPSA) is 45.8 Å². The first kappa shape index (κ1) is 6.99. The second kappa shape index (κ2) is 3.15. The van der Waals surface area contributed by atoms with E-state index in [-0.39, 0.29) is 5.78 Å². The monoisotopic (exact) mass is 138 g/mol. The van der Waals surface area contributed by atoms with E-state index in [9.17, 15) is 4.79 Å². The fourth-order valence-electron chi connectivity index (χ4n) is 0.735. The van der Waals surface area contributed by atoms with E-state index >= 15 is 0 Å². The minimum absolute atomic E-state index is 0.217. The Hall–Kier alpha value is -1.12. The van der Waals surface area contributed by atoms with Crippen LogP contribution in [-0.2, 0) is 11.2 Å². The van der Waals surface area contributed by atoms with Crippen molar-refractivity contribution in [1.29, 1.82) is 0 Å². The largest absolute Gasteiger partial charge is 0.300 e. The van der Waals surface area contributed by atoms with Gasteiger partial charge in [-0.05, 0) is 19.4 Å². The number of Topliss-reactive ketones (excluding diaryl/α,β-unsaturated/α-hetero) is 1. The van der Waals surface area contributed by atoms with Gasteiger partial charge in [0.1, 0.15) is 5.78 Å². The first-order chi connectivity index (χ1) is 4.79. The van der Waals surface area contributed by atoms with E-state index in [4.69, 9.17) is 0 Å². The molecule has 0 saturated heterocycles. The fraction of sp³-hybridized carbons (Fsp3) is 0.429. The van der Waals surface area contributed by atoms with E-state index in [1.165, 1.54) is 0 Å². The van der Waals surface area contributed by atoms with Crippen molar-refractivity contribution in [1.82, 2.24) is 10.2 Å². The molecule has 3 nitrogen and oxygen atoms in total. The summed E-state index contributed by atoms with van der Waals surface area (Å²) in [7, 11) is 0. The lowest BCUT2D eigenvalue weighted by Crippen LogP contribution is -1.93. The van der Waals surface area contributed by atoms with E-state index in [2.05, 4.69) is 10.2 Å². The number of rotatable bonds is 3. The number of ketones is 1. The Bertz CT molecular complexity index is 203. The lowest BCUT2D eigenvalue weighted by molar-refractivity contribution is -0.116. The average molecular weight is 138 g/mol. The van der Waals surface area contributed by atoms with Crippen LogP contribution in [0, 0.1) is 0 Å². The summed E-state index contributed by atoms with van der Waals surface area (Å²) in [5.41, 5.74) is 1.02. The van der Waals surface area contributed by atoms with Gasteiger partial charge < -0.3 is 4.79 Å². The number of hydrogen-bond donors (Lipinski definition) is 1. The molecule has 0 radical (unpaired) electrons. The molecule has 0 atom stereocenters. The van der Waals surface area contributed by atoms with Gasteiger partial charge in [-0.3, -0.25) is 5.10 Å². The maximum absolute atomic E-state index is 10.5. The summed E-state index contributed by atoms with van der Waals surface area (Å²) in [6, 6.07) is 1.88. The highest BCUT2D eigenvalue weighted by atomic mass is 16.1. The Kier molecular flexibility index (Phi) is 2.20. The number of aryl methyl sites for hydroxylation is 1. The lowest BCUT2D eigenvalue weighted by Gasteiger charge is -1.90. The number of nitrogens with one attached hydrogen (secondary N) is 1. The Morgan fingerprint density at radius 2 is 2.60 bits per heavy atom. The van der Waals surface area contributed by atoms with Crippen LogP contribution in [0.5, 0.6) is 0 Å². The van der Waals surface area contributed by atoms with Crippen molar-refractivity contribution in [2.24, 2.45) is 0 Å². The highest BCUT2D eigenvalue weighted by Crippen LogP contribution is 1.96. The van der Waals surface area contributed by atoms with Gasteiger partial charge in [-0.2, -0.15) is 5.10 Å². The Morgan fingerprint density at radius 1 is 1.80 bits per heavy atom. The molecule has 54 valence electrons. The first-order valence-electron chi connectivity index (χ1n) is 3.27. The van der Waals surface area contributed by atoms with Crippen LogP contribution in [0.1, 0.15) is 19.0 Å². The van der Waals surface area contributed by atoms with Crippen molar-refractivity contribution in [2.75, 3.05) is 0 Å². The highest BCUT2D eigenvalue weighted by Gasteiger charge is 1.95. The first-order valence-corrected chi connectivity index (χ1v) is 3.27. The molecular formula is C7H10N2O. The molecule has 0 fully saturated rings. The van der Waals surface area contributed by atoms with Gasteiger partial charge in [0.05, 0.1) is 0 Å². The zero-order valence-corrected chi connectivity index (χ0v) is 5.92. The molecule has 1 N–H and O–H groups in total. The van der Waals surface area contributed by atoms with E-state index in [0.29, 0.717) is 6.42 Å². The minimum Gasteiger partial charge on any atom is -0.300 e. The normalized spacial score (nSPS) is 9.70. The standard InChI is InChI=1S/C7H10N2O/c1-6(10)2-3-7-4-5-8-9-7/h4-5H,2-3H2,1H3,(H,8,9). The van der Waals surface area contributed by atoms with Crippen LogP contribution in [0.15, 0.2) is 12.3 Å². The van der Waals surface area contributed by atoms with Crippen LogP contribution in [-0.4, -0.2) is 16.0 Å². The number of carbonyl (C=O) groups is 1. The number of carbonyl (C=O) groups excluding carboxylic acids is 1. The Labute approximate surface area is 59.4 Å². The number of aromatic nitrogens is 2. The van der Waals surface area contributed by atoms with Gasteiger partial charge in [-0.25, -0.2) is 0 Å². The molecule has 1 rings (SSSR count). The third-order valence-corrected chi connectivity index (χ3v) is 1.30. The molecule has 0 spiro atoms. The maximum atomic E-state index is 10.5. The van der Waals surface area contributed by atoms with Crippen molar-refractivity contribution in [3.8, 4) is 0 Å². The van der Waals surface area contributed by atoms with Gasteiger partial charge in [-0.15, -0.1) is 0 Å². The second-order valence-corrected chi connectivity index (χ2v) is 2.28. The summed E-state index contributed by atoms with van der Waals surface area (Å²) in [5, 5.41) is 6.55. The summed E-state index contributed by atoms with van der Waals surface area (Å²) in [6.45, 7) is 1.59. The second-order valence-electron chi connectivity index (χ2n) is 2.28. The average Bonchev–Trinajstić information content (AvgIpc) is 2.34. The fourth-order valence-corrected chi connectivity index (χ4v) is 0.735. The van der Waals surface area contributed by atoms with Crippen molar-refractivity contribution in [3.05, 3.63) is 18.0 Å². The lowest BCUT2D eigenvalue weighted by atomic mass is 10.2. The zero-order valence-electron chi connectivity index (χ0n) is 5.92. The summed E-state index contributed by atoms with van der Waals surface area (Å²) in [4.78, 5) is 10.5. The van der Waals surface area contributed by atoms with Crippen molar-refractivity contribution in [2.45, 2.75) is 19.8 Å². The number of hydrogen-bond acceptors (Lipinski definition) is 2. The SMILES string of the molecule is CC(=O)CCc1ccn[nH]1. The molecule has 0 aromatic carbocycles. The predicted molar refractivity (Wildman–Crippen MR) is 37.6 cm³/mol. The molecule has 0 saturated carbocycles. The van der Waals surface area contributed by atoms with Crippen LogP contribution in [0.2, 0.25) is 0 Å². The molecule has 0 unspecified atom stereocenters. The van der Waals surface area contributed by atoms with Gasteiger partial charge in [-0.1, -0.05) is 0 Å². The number of nitrogens with zero attached hydrogens (tertiary/aromatic N) is 1. The molecule has 10 heavy (non-hydrogen) atoms. The smallest absolute Gasteiger partial charge is 0.130 e. The molecule has 3 heteroatoms. The van der Waals surface area contributed by atoms with Gasteiger partial charge in [0, 0.05) is 18.3 Å². The molecule has 1 aromatic rings. The third kappa shape index (κ3) is 2.01. The van der Waals surface area contributed by atoms with Crippen LogP contribution in [0.4, 0.5) is 0 Å². The molecule has 0 amide bonds. The van der Waals surface area contributed by atoms with Crippen LogP contribution < -0.4 is 0 Å². The number of aromatic amines is 1. The van der Waals surface area contributed by atoms with E-state index in [0.717, 1.165) is 12.1 Å². The van der Waals surface area contributed by atoms with Crippen LogP contribution in [0.3, 0.4) is 0 Å². The quantitative estimate of drug-likeness (QED) is 0.675. The van der Waals surface area contributed by atoms with E-state index in [1.54, 1.807) is 13.1 Å². The molecule has 0 aliphatic carbocycles. The van der Waals surface area contributed by atoms with Crippen LogP contribution in [0.25, 0.3) is 0 Å². The van der Waals surface area contributed by atoms with Crippen molar-refractivity contribution in [3.63, 3.8) is 0 Å². The number of H-pyrrole nitrogens is 1. The summed E-state index contributed by atoms with van der Waals surface area (Å²) >= 11 is 0. The van der Waals surface area contributed by atoms with Crippen molar-refractivity contribution >= 4 is 5.78 Å². The molecular weight excluding hydrogens is 128 g/mol. The maximum Gasteiger partial charge on any atom is 0.130 e. The Morgan fingerprint density at radius 3 is 3.10 bits per heavy atom. The molecule has 0 aliphatic rings. The minimum atomic E-state index is 0.217. The predicted octanol–water partition coefficient (Wildman–Crippen LogP) is 0.931. The van der Waals surface area contributed by atoms with Gasteiger partial charge >= 0.3 is 0 Å². The summed E-state index contributed by atoms with van der Waals surface area (Å²) < 4.78 is 0.